The van der Waals surface area contributed by atoms with Gasteiger partial charge in [0.2, 0.25) is 5.16 Å². The monoisotopic (exact) mass is 328 g/mol. The van der Waals surface area contributed by atoms with E-state index < -0.39 is 0 Å². The van der Waals surface area contributed by atoms with Gasteiger partial charge in [0, 0.05) is 5.92 Å². The number of carbonyl (C=O) groups excluding carboxylic acids is 1. The standard InChI is InChI=1S/C17H20N4OS/c1-16(2)12-9-10-17(16,3)14(13(12)22)23-15-18-19-20-21(15)11-7-5-4-6-8-11/h4-8,12,14H,9-10H2,1-3H3/t12-,14-,17-/m0/s1. The Bertz CT molecular complexity index is 757. The Balaban J connectivity index is 1.68. The molecule has 0 aliphatic heterocycles. The second kappa shape index (κ2) is 4.90. The molecule has 2 saturated carbocycles. The molecule has 4 rings (SSSR count). The zero-order chi connectivity index (χ0) is 16.2. The summed E-state index contributed by atoms with van der Waals surface area (Å²) in [7, 11) is 0. The van der Waals surface area contributed by atoms with Crippen molar-refractivity contribution in [1.29, 1.82) is 0 Å². The molecule has 3 atom stereocenters. The van der Waals surface area contributed by atoms with Crippen molar-refractivity contribution in [1.82, 2.24) is 20.2 Å². The lowest BCUT2D eigenvalue weighted by atomic mass is 9.71. The fraction of sp³-hybridized carbons (Fsp3) is 0.529. The van der Waals surface area contributed by atoms with Gasteiger partial charge in [0.15, 0.2) is 0 Å². The van der Waals surface area contributed by atoms with Crippen LogP contribution in [0.2, 0.25) is 0 Å². The Morgan fingerprint density at radius 2 is 1.96 bits per heavy atom. The van der Waals surface area contributed by atoms with Crippen molar-refractivity contribution in [2.24, 2.45) is 16.7 Å². The van der Waals surface area contributed by atoms with Crippen molar-refractivity contribution in [2.45, 2.75) is 44.0 Å². The third-order valence-corrected chi connectivity index (χ3v) is 7.59. The maximum Gasteiger partial charge on any atom is 0.214 e. The van der Waals surface area contributed by atoms with Gasteiger partial charge in [-0.2, -0.15) is 4.68 Å². The lowest BCUT2D eigenvalue weighted by Crippen LogP contribution is -2.35. The van der Waals surface area contributed by atoms with Crippen LogP contribution in [0.4, 0.5) is 0 Å². The van der Waals surface area contributed by atoms with Gasteiger partial charge in [-0.15, -0.1) is 5.10 Å². The second-order valence-electron chi connectivity index (χ2n) is 7.34. The van der Waals surface area contributed by atoms with E-state index in [9.17, 15) is 4.79 Å². The number of nitrogens with zero attached hydrogens (tertiary/aromatic N) is 4. The van der Waals surface area contributed by atoms with Crippen molar-refractivity contribution < 1.29 is 4.79 Å². The minimum absolute atomic E-state index is 0.00683. The first-order valence-corrected chi connectivity index (χ1v) is 8.87. The summed E-state index contributed by atoms with van der Waals surface area (Å²) < 4.78 is 1.72. The highest BCUT2D eigenvalue weighted by Crippen LogP contribution is 2.67. The van der Waals surface area contributed by atoms with Crippen LogP contribution >= 0.6 is 11.8 Å². The maximum absolute atomic E-state index is 12.9. The summed E-state index contributed by atoms with van der Waals surface area (Å²) in [6.07, 6.45) is 2.12. The number of fused-ring (bicyclic) bond motifs is 2. The van der Waals surface area contributed by atoms with Gasteiger partial charge in [0.25, 0.3) is 0 Å². The Labute approximate surface area is 139 Å². The molecule has 0 unspecified atom stereocenters. The number of Topliss-reactive ketones (excluding diaryl/α,β-unsaturated/α-hetero) is 1. The number of hydrogen-bond donors (Lipinski definition) is 0. The molecule has 23 heavy (non-hydrogen) atoms. The highest BCUT2D eigenvalue weighted by atomic mass is 32.2. The first-order valence-electron chi connectivity index (χ1n) is 7.99. The van der Waals surface area contributed by atoms with Crippen LogP contribution in [-0.4, -0.2) is 31.2 Å². The van der Waals surface area contributed by atoms with E-state index in [1.54, 1.807) is 4.68 Å². The van der Waals surface area contributed by atoms with Gasteiger partial charge in [0.1, 0.15) is 5.78 Å². The number of hydrogen-bond acceptors (Lipinski definition) is 5. The van der Waals surface area contributed by atoms with E-state index in [1.165, 1.54) is 11.8 Å². The zero-order valence-electron chi connectivity index (χ0n) is 13.6. The molecule has 2 bridgehead atoms. The van der Waals surface area contributed by atoms with Gasteiger partial charge in [0.05, 0.1) is 10.9 Å². The molecular formula is C17H20N4OS. The lowest BCUT2D eigenvalue weighted by Gasteiger charge is -2.37. The quantitative estimate of drug-likeness (QED) is 0.866. The number of rotatable bonds is 3. The summed E-state index contributed by atoms with van der Waals surface area (Å²) in [4.78, 5) is 12.9. The topological polar surface area (TPSA) is 60.7 Å². The molecule has 2 fully saturated rings. The maximum atomic E-state index is 12.9. The molecule has 120 valence electrons. The van der Waals surface area contributed by atoms with Gasteiger partial charge in [-0.25, -0.2) is 0 Å². The smallest absolute Gasteiger partial charge is 0.214 e. The van der Waals surface area contributed by atoms with E-state index in [2.05, 4.69) is 36.3 Å². The average molecular weight is 328 g/mol. The van der Waals surface area contributed by atoms with Crippen molar-refractivity contribution in [3.63, 3.8) is 0 Å². The lowest BCUT2D eigenvalue weighted by molar-refractivity contribution is -0.122. The summed E-state index contributed by atoms with van der Waals surface area (Å²) >= 11 is 1.53. The first kappa shape index (κ1) is 14.9. The number of aromatic nitrogens is 4. The summed E-state index contributed by atoms with van der Waals surface area (Å²) in [5.41, 5.74) is 0.972. The predicted molar refractivity (Wildman–Crippen MR) is 88.4 cm³/mol. The van der Waals surface area contributed by atoms with Crippen LogP contribution in [0, 0.1) is 16.7 Å². The number of ketones is 1. The third-order valence-electron chi connectivity index (χ3n) is 6.14. The number of para-hydroxylation sites is 1. The molecule has 6 heteroatoms. The average Bonchev–Trinajstić information content (AvgIpc) is 3.12. The summed E-state index contributed by atoms with van der Waals surface area (Å²) in [6, 6.07) is 9.81. The van der Waals surface area contributed by atoms with E-state index in [0.717, 1.165) is 18.5 Å². The highest BCUT2D eigenvalue weighted by Gasteiger charge is 2.66. The van der Waals surface area contributed by atoms with Gasteiger partial charge in [-0.05, 0) is 46.2 Å². The molecule has 0 amide bonds. The number of tetrazole rings is 1. The molecular weight excluding hydrogens is 308 g/mol. The third kappa shape index (κ3) is 1.94. The molecule has 0 N–H and O–H groups in total. The minimum atomic E-state index is -0.0651. The largest absolute Gasteiger partial charge is 0.298 e. The number of benzene rings is 1. The molecule has 2 aliphatic carbocycles. The minimum Gasteiger partial charge on any atom is -0.298 e. The van der Waals surface area contributed by atoms with E-state index in [-0.39, 0.29) is 22.0 Å². The Morgan fingerprint density at radius 1 is 1.22 bits per heavy atom. The van der Waals surface area contributed by atoms with Gasteiger partial charge < -0.3 is 0 Å². The van der Waals surface area contributed by atoms with Crippen LogP contribution in [0.15, 0.2) is 35.5 Å². The second-order valence-corrected chi connectivity index (χ2v) is 8.41. The summed E-state index contributed by atoms with van der Waals surface area (Å²) in [6.45, 7) is 6.73. The van der Waals surface area contributed by atoms with Crippen molar-refractivity contribution in [2.75, 3.05) is 0 Å². The molecule has 2 aromatic rings. The van der Waals surface area contributed by atoms with E-state index >= 15 is 0 Å². The molecule has 0 saturated heterocycles. The molecule has 2 aliphatic rings. The molecule has 0 spiro atoms. The van der Waals surface area contributed by atoms with Crippen LogP contribution < -0.4 is 0 Å². The SMILES string of the molecule is CC1(C)[C@H]2CC[C@@]1(C)[C@@H](Sc1nnnn1-c1ccccc1)C2=O. The molecule has 1 heterocycles. The summed E-state index contributed by atoms with van der Waals surface area (Å²) in [5, 5.41) is 12.7. The van der Waals surface area contributed by atoms with Crippen molar-refractivity contribution in [3.8, 4) is 5.69 Å². The van der Waals surface area contributed by atoms with Gasteiger partial charge in [-0.3, -0.25) is 4.79 Å². The molecule has 5 nitrogen and oxygen atoms in total. The zero-order valence-corrected chi connectivity index (χ0v) is 14.4. The van der Waals surface area contributed by atoms with Crippen molar-refractivity contribution in [3.05, 3.63) is 30.3 Å². The molecule has 1 aromatic carbocycles. The van der Waals surface area contributed by atoms with Crippen LogP contribution in [0.3, 0.4) is 0 Å². The van der Waals surface area contributed by atoms with Gasteiger partial charge >= 0.3 is 0 Å². The molecule has 0 radical (unpaired) electrons. The summed E-state index contributed by atoms with van der Waals surface area (Å²) in [5.74, 6) is 0.544. The van der Waals surface area contributed by atoms with Crippen LogP contribution in [-0.2, 0) is 4.79 Å². The Kier molecular flexibility index (Phi) is 3.17. The van der Waals surface area contributed by atoms with Crippen LogP contribution in [0.5, 0.6) is 0 Å². The number of thioether (sulfide) groups is 1. The van der Waals surface area contributed by atoms with E-state index in [0.29, 0.717) is 10.9 Å². The van der Waals surface area contributed by atoms with Crippen molar-refractivity contribution >= 4 is 17.5 Å². The molecule has 1 aromatic heterocycles. The fourth-order valence-corrected chi connectivity index (χ4v) is 5.76. The van der Waals surface area contributed by atoms with Gasteiger partial charge in [-0.1, -0.05) is 50.7 Å². The number of carbonyl (C=O) groups is 1. The van der Waals surface area contributed by atoms with E-state index in [1.807, 2.05) is 30.3 Å². The Morgan fingerprint density at radius 3 is 2.61 bits per heavy atom. The highest BCUT2D eigenvalue weighted by molar-refractivity contribution is 8.00. The predicted octanol–water partition coefficient (Wildman–Crippen LogP) is 3.15. The Hall–Kier alpha value is -1.69. The fourth-order valence-electron chi connectivity index (χ4n) is 4.27. The normalized spacial score (nSPS) is 31.7. The first-order chi connectivity index (χ1) is 10.9. The van der Waals surface area contributed by atoms with Crippen LogP contribution in [0.25, 0.3) is 5.69 Å². The van der Waals surface area contributed by atoms with E-state index in [4.69, 9.17) is 0 Å². The van der Waals surface area contributed by atoms with Crippen LogP contribution in [0.1, 0.15) is 33.6 Å².